The van der Waals surface area contributed by atoms with Crippen molar-refractivity contribution < 1.29 is 14.3 Å². The quantitative estimate of drug-likeness (QED) is 0.835. The van der Waals surface area contributed by atoms with Crippen LogP contribution in [0.5, 0.6) is 5.75 Å². The summed E-state index contributed by atoms with van der Waals surface area (Å²) in [5, 5.41) is 0. The van der Waals surface area contributed by atoms with E-state index in [9.17, 15) is 9.59 Å². The Kier molecular flexibility index (Phi) is 4.29. The molecule has 0 saturated carbocycles. The van der Waals surface area contributed by atoms with Crippen molar-refractivity contribution in [1.82, 2.24) is 9.80 Å². The summed E-state index contributed by atoms with van der Waals surface area (Å²) in [6.45, 7) is 3.71. The molecule has 3 rings (SSSR count). The fourth-order valence-corrected chi connectivity index (χ4v) is 3.01. The third-order valence-corrected chi connectivity index (χ3v) is 4.21. The topological polar surface area (TPSA) is 75.9 Å². The fourth-order valence-electron chi connectivity index (χ4n) is 3.01. The molecule has 0 radical (unpaired) electrons. The van der Waals surface area contributed by atoms with E-state index in [0.717, 1.165) is 24.3 Å². The van der Waals surface area contributed by atoms with Gasteiger partial charge in [0.1, 0.15) is 5.75 Å². The number of primary amides is 1. The first kappa shape index (κ1) is 14.8. The fraction of sp³-hybridized carbons (Fsp3) is 0.500. The molecule has 6 nitrogen and oxygen atoms in total. The van der Waals surface area contributed by atoms with E-state index >= 15 is 0 Å². The zero-order valence-electron chi connectivity index (χ0n) is 12.6. The molecule has 2 N–H and O–H groups in total. The van der Waals surface area contributed by atoms with E-state index in [4.69, 9.17) is 10.5 Å². The lowest BCUT2D eigenvalue weighted by Crippen LogP contribution is -2.51. The molecule has 2 amide bonds. The minimum atomic E-state index is -0.319. The normalized spacial score (nSPS) is 17.9. The summed E-state index contributed by atoms with van der Waals surface area (Å²) < 4.78 is 5.48. The minimum Gasteiger partial charge on any atom is -0.493 e. The van der Waals surface area contributed by atoms with E-state index in [1.165, 1.54) is 5.56 Å². The number of piperazine rings is 1. The molecule has 118 valence electrons. The van der Waals surface area contributed by atoms with Crippen molar-refractivity contribution in [2.45, 2.75) is 12.8 Å². The zero-order chi connectivity index (χ0) is 15.5. The Morgan fingerprint density at radius 2 is 1.95 bits per heavy atom. The van der Waals surface area contributed by atoms with E-state index in [-0.39, 0.29) is 18.4 Å². The third kappa shape index (κ3) is 3.39. The van der Waals surface area contributed by atoms with Gasteiger partial charge in [0, 0.05) is 32.6 Å². The molecule has 1 aromatic carbocycles. The van der Waals surface area contributed by atoms with Crippen molar-refractivity contribution in [1.29, 1.82) is 0 Å². The Hall–Kier alpha value is -2.08. The summed E-state index contributed by atoms with van der Waals surface area (Å²) in [7, 11) is 0. The Morgan fingerprint density at radius 3 is 2.68 bits per heavy atom. The Balaban J connectivity index is 1.53. The standard InChI is InChI=1S/C16H21N3O3/c17-15(20)11-18-4-6-19(7-5-18)16(21)10-12-1-2-14-13(9-12)3-8-22-14/h1-2,9H,3-8,10-11H2,(H2,17,20). The highest BCUT2D eigenvalue weighted by Crippen LogP contribution is 2.26. The van der Waals surface area contributed by atoms with Gasteiger partial charge in [-0.15, -0.1) is 0 Å². The number of nitrogens with two attached hydrogens (primary N) is 1. The summed E-state index contributed by atoms with van der Waals surface area (Å²) in [4.78, 5) is 27.1. The number of carbonyl (C=O) groups excluding carboxylic acids is 2. The van der Waals surface area contributed by atoms with Crippen molar-refractivity contribution in [2.24, 2.45) is 5.73 Å². The second kappa shape index (κ2) is 6.36. The van der Waals surface area contributed by atoms with Gasteiger partial charge in [-0.25, -0.2) is 0 Å². The van der Waals surface area contributed by atoms with Crippen LogP contribution in [0.3, 0.4) is 0 Å². The van der Waals surface area contributed by atoms with Crippen LogP contribution < -0.4 is 10.5 Å². The van der Waals surface area contributed by atoms with Crippen LogP contribution in [0.2, 0.25) is 0 Å². The number of ether oxygens (including phenoxy) is 1. The summed E-state index contributed by atoms with van der Waals surface area (Å²) in [5.41, 5.74) is 7.42. The molecule has 0 aromatic heterocycles. The molecule has 2 heterocycles. The molecule has 2 aliphatic heterocycles. The largest absolute Gasteiger partial charge is 0.493 e. The number of hydrogen-bond donors (Lipinski definition) is 1. The van der Waals surface area contributed by atoms with Gasteiger partial charge < -0.3 is 15.4 Å². The summed E-state index contributed by atoms with van der Waals surface area (Å²) in [5.74, 6) is 0.758. The van der Waals surface area contributed by atoms with Crippen molar-refractivity contribution in [2.75, 3.05) is 39.3 Å². The van der Waals surface area contributed by atoms with E-state index in [1.54, 1.807) is 0 Å². The summed E-state index contributed by atoms with van der Waals surface area (Å²) in [6.07, 6.45) is 1.34. The molecular weight excluding hydrogens is 282 g/mol. The number of fused-ring (bicyclic) bond motifs is 1. The Labute approximate surface area is 129 Å². The summed E-state index contributed by atoms with van der Waals surface area (Å²) >= 11 is 0. The maximum absolute atomic E-state index is 12.4. The maximum atomic E-state index is 12.4. The summed E-state index contributed by atoms with van der Waals surface area (Å²) in [6, 6.07) is 5.99. The molecule has 2 aliphatic rings. The molecule has 0 atom stereocenters. The first-order valence-electron chi connectivity index (χ1n) is 7.65. The first-order chi connectivity index (χ1) is 10.6. The zero-order valence-corrected chi connectivity index (χ0v) is 12.6. The monoisotopic (exact) mass is 303 g/mol. The molecule has 1 aromatic rings. The SMILES string of the molecule is NC(=O)CN1CCN(C(=O)Cc2ccc3c(c2)CCO3)CC1. The minimum absolute atomic E-state index is 0.137. The first-order valence-corrected chi connectivity index (χ1v) is 7.65. The van der Waals surface area contributed by atoms with Gasteiger partial charge in [0.05, 0.1) is 19.6 Å². The van der Waals surface area contributed by atoms with Gasteiger partial charge in [0.25, 0.3) is 0 Å². The van der Waals surface area contributed by atoms with E-state index in [1.807, 2.05) is 21.9 Å². The van der Waals surface area contributed by atoms with Crippen molar-refractivity contribution in [3.63, 3.8) is 0 Å². The van der Waals surface area contributed by atoms with Gasteiger partial charge in [-0.05, 0) is 17.2 Å². The van der Waals surface area contributed by atoms with E-state index in [0.29, 0.717) is 32.6 Å². The van der Waals surface area contributed by atoms with Gasteiger partial charge in [-0.3, -0.25) is 14.5 Å². The molecule has 6 heteroatoms. The van der Waals surface area contributed by atoms with Gasteiger partial charge in [-0.1, -0.05) is 12.1 Å². The molecule has 0 spiro atoms. The highest BCUT2D eigenvalue weighted by molar-refractivity contribution is 5.79. The van der Waals surface area contributed by atoms with Gasteiger partial charge in [-0.2, -0.15) is 0 Å². The van der Waals surface area contributed by atoms with E-state index in [2.05, 4.69) is 6.07 Å². The maximum Gasteiger partial charge on any atom is 0.231 e. The Morgan fingerprint density at radius 1 is 1.18 bits per heavy atom. The average molecular weight is 303 g/mol. The second-order valence-corrected chi connectivity index (χ2v) is 5.84. The average Bonchev–Trinajstić information content (AvgIpc) is 2.95. The van der Waals surface area contributed by atoms with Crippen LogP contribution in [0, 0.1) is 0 Å². The molecule has 0 unspecified atom stereocenters. The number of amides is 2. The van der Waals surface area contributed by atoms with Crippen LogP contribution in [0.1, 0.15) is 11.1 Å². The van der Waals surface area contributed by atoms with Crippen LogP contribution in [-0.4, -0.2) is 60.9 Å². The molecular formula is C16H21N3O3. The molecule has 1 saturated heterocycles. The van der Waals surface area contributed by atoms with Crippen LogP contribution in [-0.2, 0) is 22.4 Å². The van der Waals surface area contributed by atoms with Crippen LogP contribution >= 0.6 is 0 Å². The van der Waals surface area contributed by atoms with Crippen LogP contribution in [0.15, 0.2) is 18.2 Å². The third-order valence-electron chi connectivity index (χ3n) is 4.21. The molecule has 0 aliphatic carbocycles. The number of carbonyl (C=O) groups is 2. The highest BCUT2D eigenvalue weighted by Gasteiger charge is 2.22. The van der Waals surface area contributed by atoms with Crippen molar-refractivity contribution >= 4 is 11.8 Å². The predicted molar refractivity (Wildman–Crippen MR) is 81.6 cm³/mol. The number of rotatable bonds is 4. The van der Waals surface area contributed by atoms with Gasteiger partial charge in [0.15, 0.2) is 0 Å². The van der Waals surface area contributed by atoms with Crippen molar-refractivity contribution in [3.05, 3.63) is 29.3 Å². The van der Waals surface area contributed by atoms with Gasteiger partial charge >= 0.3 is 0 Å². The predicted octanol–water partition coefficient (Wildman–Crippen LogP) is -0.206. The number of benzene rings is 1. The van der Waals surface area contributed by atoms with Crippen molar-refractivity contribution in [3.8, 4) is 5.75 Å². The Bertz CT molecular complexity index is 580. The lowest BCUT2D eigenvalue weighted by molar-refractivity contribution is -0.132. The second-order valence-electron chi connectivity index (χ2n) is 5.84. The smallest absolute Gasteiger partial charge is 0.231 e. The highest BCUT2D eigenvalue weighted by atomic mass is 16.5. The molecule has 22 heavy (non-hydrogen) atoms. The molecule has 1 fully saturated rings. The molecule has 0 bridgehead atoms. The van der Waals surface area contributed by atoms with Gasteiger partial charge in [0.2, 0.25) is 11.8 Å². The number of nitrogens with zero attached hydrogens (tertiary/aromatic N) is 2. The van der Waals surface area contributed by atoms with E-state index < -0.39 is 0 Å². The van der Waals surface area contributed by atoms with Crippen LogP contribution in [0.25, 0.3) is 0 Å². The van der Waals surface area contributed by atoms with Crippen LogP contribution in [0.4, 0.5) is 0 Å². The lowest BCUT2D eigenvalue weighted by atomic mass is 10.1. The number of hydrogen-bond acceptors (Lipinski definition) is 4. The lowest BCUT2D eigenvalue weighted by Gasteiger charge is -2.34.